The molecule has 33 heavy (non-hydrogen) atoms. The number of hydrogen-bond donors (Lipinski definition) is 3. The van der Waals surface area contributed by atoms with E-state index in [1.54, 1.807) is 24.3 Å². The Morgan fingerprint density at radius 1 is 0.970 bits per heavy atom. The van der Waals surface area contributed by atoms with E-state index < -0.39 is 10.0 Å². The van der Waals surface area contributed by atoms with Crippen molar-refractivity contribution in [3.05, 3.63) is 78.4 Å². The van der Waals surface area contributed by atoms with Gasteiger partial charge in [-0.3, -0.25) is 0 Å². The van der Waals surface area contributed by atoms with Gasteiger partial charge >= 0.3 is 0 Å². The highest BCUT2D eigenvalue weighted by Crippen LogP contribution is 2.34. The number of amidine groups is 1. The molecule has 9 heteroatoms. The average Bonchev–Trinajstić information content (AvgIpc) is 2.84. The Morgan fingerprint density at radius 3 is 2.33 bits per heavy atom. The summed E-state index contributed by atoms with van der Waals surface area (Å²) in [5, 5.41) is 17.6. The van der Waals surface area contributed by atoms with Gasteiger partial charge < -0.3 is 20.6 Å². The quantitative estimate of drug-likeness (QED) is 0.221. The minimum absolute atomic E-state index is 0.0405. The number of sulfonamides is 1. The van der Waals surface area contributed by atoms with E-state index in [-0.39, 0.29) is 16.8 Å². The fourth-order valence-corrected chi connectivity index (χ4v) is 4.90. The van der Waals surface area contributed by atoms with Crippen molar-refractivity contribution in [2.24, 2.45) is 16.0 Å². The molecule has 3 aromatic carbocycles. The van der Waals surface area contributed by atoms with E-state index in [2.05, 4.69) is 10.1 Å². The van der Waals surface area contributed by atoms with Crippen molar-refractivity contribution in [3.63, 3.8) is 0 Å². The van der Waals surface area contributed by atoms with E-state index in [1.807, 2.05) is 42.5 Å². The molecule has 1 aliphatic heterocycles. The van der Waals surface area contributed by atoms with Gasteiger partial charge in [0.15, 0.2) is 5.84 Å². The largest absolute Gasteiger partial charge is 0.409 e. The summed E-state index contributed by atoms with van der Waals surface area (Å²) in [5.41, 5.74) is 9.58. The molecule has 1 saturated heterocycles. The average molecular weight is 467 g/mol. The van der Waals surface area contributed by atoms with Gasteiger partial charge in [-0.2, -0.15) is 0 Å². The number of primary sulfonamides is 1. The zero-order valence-electron chi connectivity index (χ0n) is 18.0. The number of rotatable bonds is 6. The van der Waals surface area contributed by atoms with Gasteiger partial charge in [0, 0.05) is 41.8 Å². The zero-order valence-corrected chi connectivity index (χ0v) is 18.8. The van der Waals surface area contributed by atoms with Gasteiger partial charge in [-0.25, -0.2) is 13.6 Å². The predicted molar refractivity (Wildman–Crippen MR) is 128 cm³/mol. The van der Waals surface area contributed by atoms with E-state index in [1.165, 1.54) is 6.07 Å². The van der Waals surface area contributed by atoms with Crippen LogP contribution >= 0.6 is 0 Å². The number of hydrogen-bond acceptors (Lipinski definition) is 6. The Hall–Kier alpha value is -3.40. The summed E-state index contributed by atoms with van der Waals surface area (Å²) >= 11 is 0. The molecule has 0 saturated carbocycles. The topological polar surface area (TPSA) is 131 Å². The molecule has 0 aromatic heterocycles. The number of benzene rings is 3. The summed E-state index contributed by atoms with van der Waals surface area (Å²) in [6, 6.07) is 22.1. The van der Waals surface area contributed by atoms with Crippen LogP contribution in [0.5, 0.6) is 0 Å². The van der Waals surface area contributed by atoms with Gasteiger partial charge in [0.2, 0.25) is 10.0 Å². The van der Waals surface area contributed by atoms with Crippen molar-refractivity contribution >= 4 is 27.2 Å². The van der Waals surface area contributed by atoms with E-state index in [0.717, 1.165) is 29.8 Å². The Morgan fingerprint density at radius 2 is 1.67 bits per heavy atom. The minimum Gasteiger partial charge on any atom is -0.409 e. The lowest BCUT2D eigenvalue weighted by atomic mass is 10.0. The van der Waals surface area contributed by atoms with Crippen LogP contribution in [0.15, 0.2) is 82.8 Å². The van der Waals surface area contributed by atoms with E-state index >= 15 is 0 Å². The normalized spacial score (nSPS) is 15.4. The summed E-state index contributed by atoms with van der Waals surface area (Å²) in [7, 11) is -3.85. The highest BCUT2D eigenvalue weighted by atomic mass is 32.2. The molecular weight excluding hydrogens is 440 g/mol. The third-order valence-electron chi connectivity index (χ3n) is 5.73. The van der Waals surface area contributed by atoms with Crippen molar-refractivity contribution in [2.75, 3.05) is 18.1 Å². The first kappa shape index (κ1) is 22.8. The highest BCUT2D eigenvalue weighted by molar-refractivity contribution is 7.89. The van der Waals surface area contributed by atoms with Crippen molar-refractivity contribution in [3.8, 4) is 11.1 Å². The first-order valence-corrected chi connectivity index (χ1v) is 12.1. The first-order valence-electron chi connectivity index (χ1n) is 10.6. The molecule has 8 nitrogen and oxygen atoms in total. The summed E-state index contributed by atoms with van der Waals surface area (Å²) in [6.45, 7) is 1.34. The summed E-state index contributed by atoms with van der Waals surface area (Å²) < 4.78 is 29.6. The molecule has 1 fully saturated rings. The zero-order chi connectivity index (χ0) is 23.4. The Kier molecular flexibility index (Phi) is 6.64. The third kappa shape index (κ3) is 5.00. The van der Waals surface area contributed by atoms with Crippen LogP contribution in [0.4, 0.5) is 11.4 Å². The second-order valence-electron chi connectivity index (χ2n) is 7.84. The lowest BCUT2D eigenvalue weighted by Crippen LogP contribution is -2.36. The molecular formula is C24H26N4O4S. The molecule has 1 heterocycles. The van der Waals surface area contributed by atoms with Gasteiger partial charge in [-0.15, -0.1) is 0 Å². The fourth-order valence-electron chi connectivity index (χ4n) is 4.14. The summed E-state index contributed by atoms with van der Waals surface area (Å²) in [5.74, 6) is 0.0405. The number of nitrogens with zero attached hydrogens (tertiary/aromatic N) is 2. The highest BCUT2D eigenvalue weighted by Gasteiger charge is 2.24. The maximum Gasteiger partial charge on any atom is 0.238 e. The van der Waals surface area contributed by atoms with E-state index in [0.29, 0.717) is 24.3 Å². The lowest BCUT2D eigenvalue weighted by Gasteiger charge is -2.36. The van der Waals surface area contributed by atoms with Crippen LogP contribution in [0.25, 0.3) is 11.1 Å². The number of oxime groups is 1. The molecule has 0 atom stereocenters. The van der Waals surface area contributed by atoms with Crippen molar-refractivity contribution in [1.82, 2.24) is 0 Å². The van der Waals surface area contributed by atoms with Gasteiger partial charge in [0.25, 0.3) is 0 Å². The van der Waals surface area contributed by atoms with Gasteiger partial charge in [-0.05, 0) is 48.7 Å². The molecule has 0 radical (unpaired) electrons. The first-order chi connectivity index (χ1) is 15.9. The third-order valence-corrected chi connectivity index (χ3v) is 6.70. The van der Waals surface area contributed by atoms with Crippen molar-refractivity contribution in [1.29, 1.82) is 0 Å². The summed E-state index contributed by atoms with van der Waals surface area (Å²) in [4.78, 5) is 2.30. The monoisotopic (exact) mass is 466 g/mol. The van der Waals surface area contributed by atoms with Crippen molar-refractivity contribution in [2.45, 2.75) is 23.8 Å². The van der Waals surface area contributed by atoms with Crippen LogP contribution in [0, 0.1) is 0 Å². The maximum absolute atomic E-state index is 12.0. The van der Waals surface area contributed by atoms with Crippen LogP contribution < -0.4 is 15.8 Å². The molecule has 0 unspecified atom stereocenters. The second kappa shape index (κ2) is 9.62. The second-order valence-corrected chi connectivity index (χ2v) is 9.37. The number of anilines is 2. The van der Waals surface area contributed by atoms with Gasteiger partial charge in [0.05, 0.1) is 4.90 Å². The predicted octanol–water partition coefficient (Wildman–Crippen LogP) is 3.41. The Balaban J connectivity index is 1.75. The smallest absolute Gasteiger partial charge is 0.238 e. The molecule has 1 aliphatic rings. The van der Waals surface area contributed by atoms with Gasteiger partial charge in [0.1, 0.15) is 0 Å². The molecule has 172 valence electrons. The van der Waals surface area contributed by atoms with Gasteiger partial charge in [-0.1, -0.05) is 47.6 Å². The molecule has 5 N–H and O–H groups in total. The standard InChI is InChI=1S/C24H26N4O4S/c25-24(27-29)18-4-3-5-21(16-18)28(20-12-14-32-15-13-20)19-10-8-17(9-11-19)22-6-1-2-7-23(22)33(26,30)31/h1-11,16,20,29H,12-15H2,(H2,25,27)(H2,26,30,31). The van der Waals surface area contributed by atoms with E-state index in [9.17, 15) is 8.42 Å². The van der Waals surface area contributed by atoms with Crippen LogP contribution in [0.1, 0.15) is 18.4 Å². The maximum atomic E-state index is 12.0. The number of nitrogens with two attached hydrogens (primary N) is 2. The Labute approximate surface area is 193 Å². The molecule has 4 rings (SSSR count). The molecule has 0 spiro atoms. The SMILES string of the molecule is N/C(=N\O)c1cccc(N(c2ccc(-c3ccccc3S(N)(=O)=O)cc2)C2CCOCC2)c1. The molecule has 0 amide bonds. The van der Waals surface area contributed by atoms with Crippen LogP contribution in [0.3, 0.4) is 0 Å². The number of ether oxygens (including phenoxy) is 1. The Bertz CT molecular complexity index is 1250. The molecule has 0 aliphatic carbocycles. The summed E-state index contributed by atoms with van der Waals surface area (Å²) in [6.07, 6.45) is 1.70. The fraction of sp³-hybridized carbons (Fsp3) is 0.208. The van der Waals surface area contributed by atoms with E-state index in [4.69, 9.17) is 20.8 Å². The minimum atomic E-state index is -3.85. The van der Waals surface area contributed by atoms with Crippen LogP contribution in [0.2, 0.25) is 0 Å². The lowest BCUT2D eigenvalue weighted by molar-refractivity contribution is 0.0865. The van der Waals surface area contributed by atoms with Crippen LogP contribution in [-0.2, 0) is 14.8 Å². The van der Waals surface area contributed by atoms with Crippen molar-refractivity contribution < 1.29 is 18.4 Å². The molecule has 0 bridgehead atoms. The molecule has 3 aromatic rings. The van der Waals surface area contributed by atoms with Crippen LogP contribution in [-0.4, -0.2) is 38.7 Å².